The number of aromatic nitrogens is 2. The average molecular weight is 828 g/mol. The third-order valence-electron chi connectivity index (χ3n) is 13.1. The van der Waals surface area contributed by atoms with Gasteiger partial charge < -0.3 is 13.6 Å². The van der Waals surface area contributed by atoms with Gasteiger partial charge in [0.25, 0.3) is 0 Å². The van der Waals surface area contributed by atoms with Crippen molar-refractivity contribution in [1.82, 2.24) is 9.13 Å². The minimum atomic E-state index is 0.536. The third-order valence-corrected chi connectivity index (χ3v) is 13.1. The number of hydrogen-bond acceptors (Lipinski definition) is 1. The molecule has 0 aliphatic heterocycles. The second kappa shape index (κ2) is 14.6. The summed E-state index contributed by atoms with van der Waals surface area (Å²) < 4.78 is 11.7. The second-order valence-corrected chi connectivity index (χ2v) is 16.7. The molecule has 0 N–H and O–H groups in total. The molecular formula is C61H37N3O. The first-order chi connectivity index (χ1) is 32.2. The van der Waals surface area contributed by atoms with Crippen LogP contribution in [0.2, 0.25) is 0 Å². The van der Waals surface area contributed by atoms with Crippen LogP contribution in [0.1, 0.15) is 0 Å². The molecular weight excluding hydrogens is 791 g/mol. The Morgan fingerprint density at radius 3 is 1.11 bits per heavy atom. The standard InChI is InChI=1S/C61H37N3O/c1-62-52-38-57(63-53-30-26-43(39-16-6-2-7-17-39)34-48(53)49-35-44(27-31-54(49)63)40-18-8-3-9-19-40)61-59(47-24-14-15-25-58(47)65-61)60(52)64-55-32-28-45(41-20-10-4-11-21-41)36-50(55)51-37-46(29-33-56(51)64)42-22-12-5-13-23-42/h2-38H. The zero-order valence-corrected chi connectivity index (χ0v) is 35.1. The molecule has 302 valence electrons. The quantitative estimate of drug-likeness (QED) is 0.153. The molecule has 4 heteroatoms. The Bertz CT molecular complexity index is 3850. The lowest BCUT2D eigenvalue weighted by Crippen LogP contribution is -2.00. The summed E-state index contributed by atoms with van der Waals surface area (Å²) in [6.45, 7) is 9.00. The van der Waals surface area contributed by atoms with Gasteiger partial charge in [0.1, 0.15) is 5.58 Å². The highest BCUT2D eigenvalue weighted by molar-refractivity contribution is 6.20. The molecule has 0 saturated heterocycles. The van der Waals surface area contributed by atoms with E-state index in [1.54, 1.807) is 0 Å². The highest BCUT2D eigenvalue weighted by atomic mass is 16.3. The number of benzene rings is 10. The summed E-state index contributed by atoms with van der Waals surface area (Å²) in [6.07, 6.45) is 0. The van der Waals surface area contributed by atoms with Crippen molar-refractivity contribution in [2.24, 2.45) is 0 Å². The molecule has 65 heavy (non-hydrogen) atoms. The highest BCUT2D eigenvalue weighted by Crippen LogP contribution is 2.48. The molecule has 0 aliphatic rings. The van der Waals surface area contributed by atoms with E-state index in [9.17, 15) is 0 Å². The monoisotopic (exact) mass is 827 g/mol. The Hall–Kier alpha value is -8.91. The molecule has 3 aromatic heterocycles. The topological polar surface area (TPSA) is 27.4 Å². The van der Waals surface area contributed by atoms with Crippen LogP contribution < -0.4 is 0 Å². The van der Waals surface area contributed by atoms with Gasteiger partial charge in [0.2, 0.25) is 5.69 Å². The molecule has 0 bridgehead atoms. The van der Waals surface area contributed by atoms with Gasteiger partial charge in [0.05, 0.1) is 40.0 Å². The summed E-state index contributed by atoms with van der Waals surface area (Å²) in [5.74, 6) is 0. The van der Waals surface area contributed by atoms with Gasteiger partial charge in [0.15, 0.2) is 5.58 Å². The van der Waals surface area contributed by atoms with Gasteiger partial charge in [0, 0.05) is 32.3 Å². The summed E-state index contributed by atoms with van der Waals surface area (Å²) >= 11 is 0. The van der Waals surface area contributed by atoms with Crippen molar-refractivity contribution in [3.63, 3.8) is 0 Å². The maximum atomic E-state index is 9.00. The van der Waals surface area contributed by atoms with E-state index in [0.29, 0.717) is 5.69 Å². The van der Waals surface area contributed by atoms with Gasteiger partial charge in [-0.3, -0.25) is 0 Å². The number of nitrogens with zero attached hydrogens (tertiary/aromatic N) is 3. The Labute approximate surface area is 374 Å². The van der Waals surface area contributed by atoms with Crippen molar-refractivity contribution < 1.29 is 4.42 Å². The van der Waals surface area contributed by atoms with Crippen molar-refractivity contribution in [3.8, 4) is 55.9 Å². The van der Waals surface area contributed by atoms with Gasteiger partial charge >= 0.3 is 0 Å². The maximum absolute atomic E-state index is 9.00. The maximum Gasteiger partial charge on any atom is 0.213 e. The average Bonchev–Trinajstić information content (AvgIpc) is 4.04. The van der Waals surface area contributed by atoms with Gasteiger partial charge in [-0.05, 0) is 105 Å². The van der Waals surface area contributed by atoms with Crippen LogP contribution in [0.3, 0.4) is 0 Å². The Balaban J connectivity index is 1.13. The van der Waals surface area contributed by atoms with E-state index in [0.717, 1.165) is 121 Å². The van der Waals surface area contributed by atoms with E-state index in [1.807, 2.05) is 12.1 Å². The van der Waals surface area contributed by atoms with Crippen LogP contribution in [0, 0.1) is 6.57 Å². The molecule has 13 rings (SSSR count). The van der Waals surface area contributed by atoms with Gasteiger partial charge in [-0.1, -0.05) is 164 Å². The lowest BCUT2D eigenvalue weighted by Gasteiger charge is -2.16. The van der Waals surface area contributed by atoms with E-state index in [-0.39, 0.29) is 0 Å². The lowest BCUT2D eigenvalue weighted by atomic mass is 10.0. The number of fused-ring (bicyclic) bond motifs is 9. The Morgan fingerprint density at radius 2 is 0.708 bits per heavy atom. The Morgan fingerprint density at radius 1 is 0.338 bits per heavy atom. The molecule has 13 aromatic rings. The fourth-order valence-electron chi connectivity index (χ4n) is 10.1. The molecule has 0 amide bonds. The predicted molar refractivity (Wildman–Crippen MR) is 270 cm³/mol. The molecule has 0 saturated carbocycles. The molecule has 0 fully saturated rings. The third kappa shape index (κ3) is 5.77. The summed E-state index contributed by atoms with van der Waals surface area (Å²) in [4.78, 5) is 4.42. The fraction of sp³-hybridized carbons (Fsp3) is 0. The first kappa shape index (κ1) is 36.7. The number of hydrogen-bond donors (Lipinski definition) is 0. The first-order valence-electron chi connectivity index (χ1n) is 21.9. The Kier molecular flexibility index (Phi) is 8.24. The number of furan rings is 1. The van der Waals surface area contributed by atoms with Gasteiger partial charge in [-0.25, -0.2) is 4.85 Å². The fourth-order valence-corrected chi connectivity index (χ4v) is 10.1. The van der Waals surface area contributed by atoms with Crippen LogP contribution in [0.15, 0.2) is 229 Å². The minimum absolute atomic E-state index is 0.536. The summed E-state index contributed by atoms with van der Waals surface area (Å²) in [5, 5.41) is 6.35. The van der Waals surface area contributed by atoms with Crippen LogP contribution in [0.25, 0.3) is 126 Å². The first-order valence-corrected chi connectivity index (χ1v) is 21.9. The number of para-hydroxylation sites is 1. The van der Waals surface area contributed by atoms with Crippen molar-refractivity contribution in [1.29, 1.82) is 0 Å². The van der Waals surface area contributed by atoms with Crippen molar-refractivity contribution in [2.45, 2.75) is 0 Å². The van der Waals surface area contributed by atoms with Crippen LogP contribution in [-0.4, -0.2) is 9.13 Å². The molecule has 4 nitrogen and oxygen atoms in total. The minimum Gasteiger partial charge on any atom is -0.454 e. The molecule has 0 atom stereocenters. The van der Waals surface area contributed by atoms with Crippen LogP contribution in [0.5, 0.6) is 0 Å². The second-order valence-electron chi connectivity index (χ2n) is 16.7. The summed E-state index contributed by atoms with van der Waals surface area (Å²) in [6, 6.07) is 79.4. The smallest absolute Gasteiger partial charge is 0.213 e. The largest absolute Gasteiger partial charge is 0.454 e. The van der Waals surface area contributed by atoms with Gasteiger partial charge in [-0.2, -0.15) is 0 Å². The molecule has 0 unspecified atom stereocenters. The van der Waals surface area contributed by atoms with Gasteiger partial charge in [-0.15, -0.1) is 0 Å². The molecule has 10 aromatic carbocycles. The number of rotatable bonds is 6. The summed E-state index contributed by atoms with van der Waals surface area (Å²) in [7, 11) is 0. The van der Waals surface area contributed by atoms with E-state index < -0.39 is 0 Å². The van der Waals surface area contributed by atoms with Crippen LogP contribution >= 0.6 is 0 Å². The molecule has 3 heterocycles. The van der Waals surface area contributed by atoms with Crippen molar-refractivity contribution >= 4 is 71.2 Å². The van der Waals surface area contributed by atoms with E-state index in [1.165, 1.54) is 0 Å². The predicted octanol–water partition coefficient (Wildman–Crippen LogP) is 17.0. The van der Waals surface area contributed by atoms with Crippen molar-refractivity contribution in [2.75, 3.05) is 0 Å². The SMILES string of the molecule is [C-]#[N+]c1cc(-n2c3ccc(-c4ccccc4)cc3c3cc(-c4ccccc4)ccc32)c2oc3ccccc3c2c1-n1c2ccc(-c3ccccc3)cc2c2cc(-c3ccccc3)ccc21. The highest BCUT2D eigenvalue weighted by Gasteiger charge is 2.27. The zero-order valence-electron chi connectivity index (χ0n) is 35.1. The van der Waals surface area contributed by atoms with E-state index in [4.69, 9.17) is 11.0 Å². The van der Waals surface area contributed by atoms with E-state index >= 15 is 0 Å². The normalized spacial score (nSPS) is 11.7. The lowest BCUT2D eigenvalue weighted by molar-refractivity contribution is 0.666. The van der Waals surface area contributed by atoms with Crippen LogP contribution in [0.4, 0.5) is 5.69 Å². The molecule has 0 radical (unpaired) electrons. The zero-order chi connectivity index (χ0) is 43.0. The molecule has 0 aliphatic carbocycles. The van der Waals surface area contributed by atoms with Crippen LogP contribution in [-0.2, 0) is 0 Å². The van der Waals surface area contributed by atoms with Crippen molar-refractivity contribution in [3.05, 3.63) is 236 Å². The summed E-state index contributed by atoms with van der Waals surface area (Å²) in [5.41, 5.74) is 17.0. The van der Waals surface area contributed by atoms with E-state index in [2.05, 4.69) is 226 Å². The molecule has 0 spiro atoms.